The fraction of sp³-hybridized carbons (Fsp3) is 1.00. The van der Waals surface area contributed by atoms with Gasteiger partial charge in [0.15, 0.2) is 0 Å². The van der Waals surface area contributed by atoms with E-state index in [4.69, 9.17) is 4.74 Å². The standard InChI is InChI=1S/C12H26N2O3S/c1-3-14(11-12-6-5-7-13-10-12)18(15,16)9-8-17-4-2/h12-13H,3-11H2,1-2H3. The number of piperidine rings is 1. The van der Waals surface area contributed by atoms with Gasteiger partial charge in [0.2, 0.25) is 10.0 Å². The molecule has 108 valence electrons. The van der Waals surface area contributed by atoms with Gasteiger partial charge in [-0.15, -0.1) is 0 Å². The van der Waals surface area contributed by atoms with Crippen LogP contribution >= 0.6 is 0 Å². The summed E-state index contributed by atoms with van der Waals surface area (Å²) in [6, 6.07) is 0. The van der Waals surface area contributed by atoms with Gasteiger partial charge < -0.3 is 10.1 Å². The predicted molar refractivity (Wildman–Crippen MR) is 73.1 cm³/mol. The van der Waals surface area contributed by atoms with Gasteiger partial charge in [-0.25, -0.2) is 12.7 Å². The second-order valence-electron chi connectivity index (χ2n) is 4.68. The third kappa shape index (κ3) is 5.22. The van der Waals surface area contributed by atoms with E-state index in [1.54, 1.807) is 4.31 Å². The van der Waals surface area contributed by atoms with Crippen molar-refractivity contribution in [3.05, 3.63) is 0 Å². The molecule has 5 nitrogen and oxygen atoms in total. The van der Waals surface area contributed by atoms with Gasteiger partial charge in [-0.2, -0.15) is 0 Å². The zero-order chi connectivity index (χ0) is 13.4. The van der Waals surface area contributed by atoms with Crippen LogP contribution in [0.5, 0.6) is 0 Å². The molecule has 1 fully saturated rings. The van der Waals surface area contributed by atoms with Crippen LogP contribution < -0.4 is 5.32 Å². The topological polar surface area (TPSA) is 58.6 Å². The molecule has 1 aliphatic heterocycles. The Labute approximate surface area is 111 Å². The summed E-state index contributed by atoms with van der Waals surface area (Å²) in [7, 11) is -3.16. The molecule has 0 amide bonds. The molecule has 0 bridgehead atoms. The van der Waals surface area contributed by atoms with Crippen LogP contribution in [-0.2, 0) is 14.8 Å². The van der Waals surface area contributed by atoms with Gasteiger partial charge in [0.25, 0.3) is 0 Å². The van der Waals surface area contributed by atoms with Crippen molar-refractivity contribution in [2.75, 3.05) is 45.1 Å². The lowest BCUT2D eigenvalue weighted by atomic mass is 10.00. The van der Waals surface area contributed by atoms with Gasteiger partial charge in [0.05, 0.1) is 12.4 Å². The highest BCUT2D eigenvalue weighted by atomic mass is 32.2. The van der Waals surface area contributed by atoms with Crippen molar-refractivity contribution in [1.29, 1.82) is 0 Å². The fourth-order valence-electron chi connectivity index (χ4n) is 2.24. The quantitative estimate of drug-likeness (QED) is 0.663. The number of hydrogen-bond acceptors (Lipinski definition) is 4. The van der Waals surface area contributed by atoms with Gasteiger partial charge in [0, 0.05) is 19.7 Å². The predicted octanol–water partition coefficient (Wildman–Crippen LogP) is 0.674. The average Bonchev–Trinajstić information content (AvgIpc) is 2.37. The lowest BCUT2D eigenvalue weighted by Crippen LogP contribution is -2.42. The van der Waals surface area contributed by atoms with Gasteiger partial charge in [0.1, 0.15) is 0 Å². The maximum atomic E-state index is 12.1. The first-order chi connectivity index (χ1) is 8.60. The molecule has 0 saturated carbocycles. The van der Waals surface area contributed by atoms with Crippen LogP contribution in [0, 0.1) is 5.92 Å². The number of nitrogens with zero attached hydrogens (tertiary/aromatic N) is 1. The molecule has 0 aromatic heterocycles. The smallest absolute Gasteiger partial charge is 0.216 e. The lowest BCUT2D eigenvalue weighted by molar-refractivity contribution is 0.162. The lowest BCUT2D eigenvalue weighted by Gasteiger charge is -2.28. The van der Waals surface area contributed by atoms with E-state index in [1.165, 1.54) is 0 Å². The third-order valence-electron chi connectivity index (χ3n) is 3.30. The molecule has 0 spiro atoms. The number of ether oxygens (including phenoxy) is 1. The van der Waals surface area contributed by atoms with Crippen molar-refractivity contribution >= 4 is 10.0 Å². The van der Waals surface area contributed by atoms with Crippen LogP contribution in [-0.4, -0.2) is 57.9 Å². The van der Waals surface area contributed by atoms with Crippen LogP contribution in [0.25, 0.3) is 0 Å². The van der Waals surface area contributed by atoms with Crippen molar-refractivity contribution in [2.24, 2.45) is 5.92 Å². The molecule has 0 aromatic rings. The maximum Gasteiger partial charge on any atom is 0.216 e. The van der Waals surface area contributed by atoms with Crippen LogP contribution in [0.1, 0.15) is 26.7 Å². The maximum absolute atomic E-state index is 12.1. The normalized spacial score (nSPS) is 21.4. The van der Waals surface area contributed by atoms with Crippen molar-refractivity contribution < 1.29 is 13.2 Å². The first-order valence-corrected chi connectivity index (χ1v) is 8.47. The summed E-state index contributed by atoms with van der Waals surface area (Å²) in [4.78, 5) is 0. The Kier molecular flexibility index (Phi) is 7.14. The van der Waals surface area contributed by atoms with Gasteiger partial charge in [-0.05, 0) is 38.8 Å². The van der Waals surface area contributed by atoms with Crippen molar-refractivity contribution in [3.8, 4) is 0 Å². The Morgan fingerprint density at radius 2 is 2.17 bits per heavy atom. The summed E-state index contributed by atoms with van der Waals surface area (Å²) in [6.07, 6.45) is 2.26. The second-order valence-corrected chi connectivity index (χ2v) is 6.76. The summed E-state index contributed by atoms with van der Waals surface area (Å²) in [6.45, 7) is 7.79. The molecule has 1 atom stereocenters. The van der Waals surface area contributed by atoms with Crippen molar-refractivity contribution in [3.63, 3.8) is 0 Å². The van der Waals surface area contributed by atoms with E-state index in [9.17, 15) is 8.42 Å². The van der Waals surface area contributed by atoms with Crippen LogP contribution in [0.4, 0.5) is 0 Å². The minimum atomic E-state index is -3.16. The van der Waals surface area contributed by atoms with Crippen LogP contribution in [0.15, 0.2) is 0 Å². The van der Waals surface area contributed by atoms with E-state index >= 15 is 0 Å². The molecule has 1 aliphatic rings. The minimum Gasteiger partial charge on any atom is -0.381 e. The molecular weight excluding hydrogens is 252 g/mol. The highest BCUT2D eigenvalue weighted by Gasteiger charge is 2.24. The van der Waals surface area contributed by atoms with Crippen LogP contribution in [0.3, 0.4) is 0 Å². The Morgan fingerprint density at radius 3 is 2.72 bits per heavy atom. The summed E-state index contributed by atoms with van der Waals surface area (Å²) < 4.78 is 31.0. The fourth-order valence-corrected chi connectivity index (χ4v) is 3.66. The molecule has 0 radical (unpaired) electrons. The summed E-state index contributed by atoms with van der Waals surface area (Å²) in [5.74, 6) is 0.537. The number of sulfonamides is 1. The molecule has 0 aliphatic carbocycles. The first kappa shape index (κ1) is 15.9. The highest BCUT2D eigenvalue weighted by Crippen LogP contribution is 2.14. The zero-order valence-electron chi connectivity index (χ0n) is 11.5. The Bertz CT molecular complexity index is 313. The molecule has 1 unspecified atom stereocenters. The van der Waals surface area contributed by atoms with Crippen LogP contribution in [0.2, 0.25) is 0 Å². The van der Waals surface area contributed by atoms with E-state index in [0.29, 0.717) is 25.6 Å². The zero-order valence-corrected chi connectivity index (χ0v) is 12.3. The molecule has 1 N–H and O–H groups in total. The number of hydrogen-bond donors (Lipinski definition) is 1. The molecule has 1 saturated heterocycles. The third-order valence-corrected chi connectivity index (χ3v) is 5.17. The number of rotatable bonds is 8. The molecule has 6 heteroatoms. The Balaban J connectivity index is 2.47. The van der Waals surface area contributed by atoms with E-state index in [-0.39, 0.29) is 12.4 Å². The second kappa shape index (κ2) is 8.09. The summed E-state index contributed by atoms with van der Waals surface area (Å²) in [5, 5.41) is 3.32. The molecular formula is C12H26N2O3S. The molecule has 18 heavy (non-hydrogen) atoms. The molecule has 0 aromatic carbocycles. The van der Waals surface area contributed by atoms with E-state index < -0.39 is 10.0 Å². The van der Waals surface area contributed by atoms with Crippen molar-refractivity contribution in [2.45, 2.75) is 26.7 Å². The summed E-state index contributed by atoms with van der Waals surface area (Å²) >= 11 is 0. The van der Waals surface area contributed by atoms with Gasteiger partial charge in [-0.1, -0.05) is 6.92 Å². The van der Waals surface area contributed by atoms with E-state index in [0.717, 1.165) is 25.9 Å². The summed E-state index contributed by atoms with van der Waals surface area (Å²) in [5.41, 5.74) is 0. The molecule has 1 heterocycles. The highest BCUT2D eigenvalue weighted by molar-refractivity contribution is 7.89. The first-order valence-electron chi connectivity index (χ1n) is 6.86. The molecule has 1 rings (SSSR count). The van der Waals surface area contributed by atoms with Gasteiger partial charge in [-0.3, -0.25) is 0 Å². The largest absolute Gasteiger partial charge is 0.381 e. The van der Waals surface area contributed by atoms with Crippen molar-refractivity contribution in [1.82, 2.24) is 9.62 Å². The average molecular weight is 278 g/mol. The number of nitrogens with one attached hydrogen (secondary N) is 1. The minimum absolute atomic E-state index is 0.0921. The Hall–Kier alpha value is -0.170. The Morgan fingerprint density at radius 1 is 1.39 bits per heavy atom. The SMILES string of the molecule is CCOCCS(=O)(=O)N(CC)CC1CCCNC1. The monoisotopic (exact) mass is 278 g/mol. The van der Waals surface area contributed by atoms with Gasteiger partial charge >= 0.3 is 0 Å². The van der Waals surface area contributed by atoms with E-state index in [1.807, 2.05) is 13.8 Å². The van der Waals surface area contributed by atoms with E-state index in [2.05, 4.69) is 5.32 Å².